The first-order valence-corrected chi connectivity index (χ1v) is 12.1. The Morgan fingerprint density at radius 2 is 1.94 bits per heavy atom. The number of ether oxygens (including phenoxy) is 1. The lowest BCUT2D eigenvalue weighted by molar-refractivity contribution is -0.0585. The third-order valence-corrected chi connectivity index (χ3v) is 6.98. The first-order chi connectivity index (χ1) is 16.9. The highest BCUT2D eigenvalue weighted by molar-refractivity contribution is 5.89. The lowest BCUT2D eigenvalue weighted by Gasteiger charge is -2.34. The van der Waals surface area contributed by atoms with Gasteiger partial charge in [-0.2, -0.15) is 4.98 Å². The Kier molecular flexibility index (Phi) is 5.33. The molecule has 4 aromatic heterocycles. The van der Waals surface area contributed by atoms with Crippen LogP contribution in [0.5, 0.6) is 0 Å². The van der Waals surface area contributed by atoms with Gasteiger partial charge in [0.25, 0.3) is 0 Å². The molecular weight excluding hydrogens is 449 g/mol. The molecule has 6 rings (SSSR count). The lowest BCUT2D eigenvalue weighted by Crippen LogP contribution is -2.48. The highest BCUT2D eigenvalue weighted by atomic mass is 19.1. The molecule has 0 amide bonds. The minimum absolute atomic E-state index is 0.251. The Hall–Kier alpha value is -3.31. The minimum Gasteiger partial charge on any atom is -0.378 e. The van der Waals surface area contributed by atoms with Crippen LogP contribution in [0, 0.1) is 6.92 Å². The van der Waals surface area contributed by atoms with Crippen molar-refractivity contribution in [3.05, 3.63) is 30.2 Å². The van der Waals surface area contributed by atoms with E-state index in [-0.39, 0.29) is 12.1 Å². The highest BCUT2D eigenvalue weighted by Gasteiger charge is 2.39. The van der Waals surface area contributed by atoms with Gasteiger partial charge >= 0.3 is 0 Å². The number of nitrogens with zero attached hydrogens (tertiary/aromatic N) is 7. The zero-order chi connectivity index (χ0) is 24.3. The molecule has 6 heterocycles. The molecule has 0 radical (unpaired) electrons. The highest BCUT2D eigenvalue weighted by Crippen LogP contribution is 2.31. The number of aryl methyl sites for hydroxylation is 1. The first-order valence-electron chi connectivity index (χ1n) is 12.1. The molecule has 35 heavy (non-hydrogen) atoms. The summed E-state index contributed by atoms with van der Waals surface area (Å²) >= 11 is 0. The number of hydrogen-bond acceptors (Lipinski definition) is 8. The van der Waals surface area contributed by atoms with Gasteiger partial charge in [0.1, 0.15) is 23.0 Å². The molecule has 0 bridgehead atoms. The third-order valence-electron chi connectivity index (χ3n) is 6.98. The van der Waals surface area contributed by atoms with Gasteiger partial charge in [-0.1, -0.05) is 0 Å². The summed E-state index contributed by atoms with van der Waals surface area (Å²) in [6.07, 6.45) is 0.896. The number of pyridine rings is 1. The minimum atomic E-state index is -0.988. The summed E-state index contributed by atoms with van der Waals surface area (Å²) in [7, 11) is 1.82. The average Bonchev–Trinajstić information content (AvgIpc) is 3.46. The van der Waals surface area contributed by atoms with Crippen LogP contribution >= 0.6 is 0 Å². The largest absolute Gasteiger partial charge is 0.378 e. The monoisotopic (exact) mass is 479 g/mol. The number of fused-ring (bicyclic) bond motifs is 2. The molecule has 0 aromatic carbocycles. The van der Waals surface area contributed by atoms with Crippen LogP contribution in [0.1, 0.15) is 25.7 Å². The van der Waals surface area contributed by atoms with E-state index in [1.807, 2.05) is 38.4 Å². The van der Waals surface area contributed by atoms with Crippen molar-refractivity contribution in [2.24, 2.45) is 0 Å². The maximum Gasteiger partial charge on any atom is 0.243 e. The summed E-state index contributed by atoms with van der Waals surface area (Å²) < 4.78 is 23.9. The van der Waals surface area contributed by atoms with Gasteiger partial charge < -0.3 is 19.9 Å². The fraction of sp³-hybridized carbons (Fsp3) is 0.500. The van der Waals surface area contributed by atoms with Crippen LogP contribution < -0.4 is 10.6 Å². The van der Waals surface area contributed by atoms with Crippen molar-refractivity contribution in [3.8, 4) is 11.3 Å². The SMILES string of the molecule is CNc1nc(N[C@@H]2CN(C3COC3)C[C@@H]2F)nn2ccc(-c3ccc4nc(C)n(C(C)C)c4n3)c12. The van der Waals surface area contributed by atoms with Gasteiger partial charge in [0.05, 0.1) is 31.0 Å². The van der Waals surface area contributed by atoms with Crippen molar-refractivity contribution in [1.29, 1.82) is 0 Å². The van der Waals surface area contributed by atoms with E-state index in [0.717, 1.165) is 33.8 Å². The predicted octanol–water partition coefficient (Wildman–Crippen LogP) is 2.91. The smallest absolute Gasteiger partial charge is 0.243 e. The van der Waals surface area contributed by atoms with E-state index in [2.05, 4.69) is 49.0 Å². The van der Waals surface area contributed by atoms with Crippen LogP contribution in [0.3, 0.4) is 0 Å². The number of rotatable bonds is 6. The molecule has 10 nitrogen and oxygen atoms in total. The Bertz CT molecular complexity index is 1390. The van der Waals surface area contributed by atoms with E-state index in [1.165, 1.54) is 0 Å². The standard InChI is InChI=1S/C24H30FN9O/c1-13(2)34-14(3)27-19-6-5-18(28-23(19)34)16-7-8-33-21(16)22(26-4)30-24(31-33)29-20-10-32(9-17(20)25)15-11-35-12-15/h5-8,13,15,17,20H,9-12H2,1-4H3,(H2,26,29,30,31)/t17-,20+/m0/s1. The second kappa shape index (κ2) is 8.42. The van der Waals surface area contributed by atoms with Gasteiger partial charge in [-0.25, -0.2) is 18.9 Å². The number of likely N-dealkylation sites (tertiary alicyclic amines) is 1. The van der Waals surface area contributed by atoms with Crippen molar-refractivity contribution < 1.29 is 9.13 Å². The summed E-state index contributed by atoms with van der Waals surface area (Å²) in [6, 6.07) is 6.16. The Labute approximate surface area is 202 Å². The van der Waals surface area contributed by atoms with E-state index in [9.17, 15) is 4.39 Å². The molecule has 2 aliphatic rings. The number of imidazole rings is 1. The average molecular weight is 480 g/mol. The number of alkyl halides is 1. The summed E-state index contributed by atoms with van der Waals surface area (Å²) in [5.41, 5.74) is 4.28. The molecule has 0 aliphatic carbocycles. The van der Waals surface area contributed by atoms with Gasteiger partial charge in [0.15, 0.2) is 11.5 Å². The molecule has 184 valence electrons. The van der Waals surface area contributed by atoms with Crippen molar-refractivity contribution in [2.45, 2.75) is 45.1 Å². The predicted molar refractivity (Wildman–Crippen MR) is 133 cm³/mol. The maximum atomic E-state index is 14.7. The van der Waals surface area contributed by atoms with Crippen LogP contribution in [0.2, 0.25) is 0 Å². The molecule has 2 aliphatic heterocycles. The van der Waals surface area contributed by atoms with E-state index < -0.39 is 6.17 Å². The fourth-order valence-corrected chi connectivity index (χ4v) is 5.15. The summed E-state index contributed by atoms with van der Waals surface area (Å²) in [5.74, 6) is 1.98. The quantitative estimate of drug-likeness (QED) is 0.436. The number of nitrogens with one attached hydrogen (secondary N) is 2. The van der Waals surface area contributed by atoms with Gasteiger partial charge in [0.2, 0.25) is 5.95 Å². The fourth-order valence-electron chi connectivity index (χ4n) is 5.15. The molecule has 2 atom stereocenters. The van der Waals surface area contributed by atoms with Gasteiger partial charge in [0, 0.05) is 37.9 Å². The Morgan fingerprint density at radius 1 is 1.11 bits per heavy atom. The maximum absolute atomic E-state index is 14.7. The second-order valence-electron chi connectivity index (χ2n) is 9.63. The van der Waals surface area contributed by atoms with Crippen LogP contribution in [0.15, 0.2) is 24.4 Å². The lowest BCUT2D eigenvalue weighted by atomic mass is 10.2. The van der Waals surface area contributed by atoms with Crippen molar-refractivity contribution in [2.75, 3.05) is 44.0 Å². The molecule has 4 aromatic rings. The molecule has 0 saturated carbocycles. The molecular formula is C24H30FN9O. The zero-order valence-corrected chi connectivity index (χ0v) is 20.4. The van der Waals surface area contributed by atoms with E-state index in [0.29, 0.717) is 44.1 Å². The van der Waals surface area contributed by atoms with Crippen LogP contribution in [0.4, 0.5) is 16.2 Å². The van der Waals surface area contributed by atoms with Crippen LogP contribution in [0.25, 0.3) is 27.9 Å². The van der Waals surface area contributed by atoms with Crippen molar-refractivity contribution in [1.82, 2.24) is 34.0 Å². The molecule has 2 fully saturated rings. The third kappa shape index (κ3) is 3.69. The molecule has 0 unspecified atom stereocenters. The molecule has 2 saturated heterocycles. The van der Waals surface area contributed by atoms with Gasteiger partial charge in [-0.15, -0.1) is 5.10 Å². The number of halogens is 1. The normalized spacial score (nSPS) is 21.3. The first kappa shape index (κ1) is 22.2. The van der Waals surface area contributed by atoms with E-state index in [1.54, 1.807) is 4.52 Å². The number of aromatic nitrogens is 6. The second-order valence-corrected chi connectivity index (χ2v) is 9.63. The van der Waals surface area contributed by atoms with Crippen LogP contribution in [-0.4, -0.2) is 85.6 Å². The zero-order valence-electron chi connectivity index (χ0n) is 20.4. The molecule has 0 spiro atoms. The summed E-state index contributed by atoms with van der Waals surface area (Å²) in [5, 5.41) is 11.0. The number of hydrogen-bond donors (Lipinski definition) is 2. The van der Waals surface area contributed by atoms with Gasteiger partial charge in [-0.05, 0) is 39.0 Å². The molecule has 11 heteroatoms. The van der Waals surface area contributed by atoms with Gasteiger partial charge in [-0.3, -0.25) is 4.90 Å². The topological polar surface area (TPSA) is 97.4 Å². The van der Waals surface area contributed by atoms with E-state index >= 15 is 0 Å². The Morgan fingerprint density at radius 3 is 2.66 bits per heavy atom. The Balaban J connectivity index is 1.34. The van der Waals surface area contributed by atoms with Crippen molar-refractivity contribution >= 4 is 28.4 Å². The van der Waals surface area contributed by atoms with Crippen molar-refractivity contribution in [3.63, 3.8) is 0 Å². The van der Waals surface area contributed by atoms with E-state index in [4.69, 9.17) is 9.72 Å². The summed E-state index contributed by atoms with van der Waals surface area (Å²) in [6.45, 7) is 8.62. The summed E-state index contributed by atoms with van der Waals surface area (Å²) in [4.78, 5) is 16.4. The number of anilines is 2. The molecule has 2 N–H and O–H groups in total. The van der Waals surface area contributed by atoms with Crippen LogP contribution in [-0.2, 0) is 4.74 Å².